The van der Waals surface area contributed by atoms with Gasteiger partial charge in [0.05, 0.1) is 5.56 Å². The number of benzene rings is 1. The summed E-state index contributed by atoms with van der Waals surface area (Å²) >= 11 is 3.43. The molecule has 3 heteroatoms. The Morgan fingerprint density at radius 3 is 2.35 bits per heavy atom. The highest BCUT2D eigenvalue weighted by atomic mass is 79.9. The lowest BCUT2D eigenvalue weighted by Crippen LogP contribution is -2.39. The van der Waals surface area contributed by atoms with E-state index in [1.807, 2.05) is 18.2 Å². The van der Waals surface area contributed by atoms with Crippen LogP contribution < -0.4 is 4.90 Å². The van der Waals surface area contributed by atoms with E-state index in [-0.39, 0.29) is 5.41 Å². The molecule has 1 rings (SSSR count). The maximum absolute atomic E-state index is 8.89. The normalized spacial score (nSPS) is 13.0. The van der Waals surface area contributed by atoms with Gasteiger partial charge in [0, 0.05) is 23.2 Å². The molecule has 0 bridgehead atoms. The molecule has 2 nitrogen and oxygen atoms in total. The first-order valence-electron chi connectivity index (χ1n) is 5.70. The third-order valence-electron chi connectivity index (χ3n) is 3.31. The zero-order valence-corrected chi connectivity index (χ0v) is 12.7. The van der Waals surface area contributed by atoms with Crippen molar-refractivity contribution in [1.82, 2.24) is 0 Å². The predicted molar refractivity (Wildman–Crippen MR) is 76.2 cm³/mol. The molecule has 0 aliphatic heterocycles. The summed E-state index contributed by atoms with van der Waals surface area (Å²) in [6.45, 7) is 8.90. The number of rotatable bonds is 2. The van der Waals surface area contributed by atoms with Crippen LogP contribution in [-0.4, -0.2) is 13.1 Å². The molecule has 1 unspecified atom stereocenters. The number of anilines is 1. The van der Waals surface area contributed by atoms with Crippen LogP contribution >= 0.6 is 15.9 Å². The van der Waals surface area contributed by atoms with Gasteiger partial charge in [0.2, 0.25) is 0 Å². The second-order valence-corrected chi connectivity index (χ2v) is 6.28. The molecule has 0 amide bonds. The molecule has 0 saturated carbocycles. The van der Waals surface area contributed by atoms with Gasteiger partial charge in [-0.15, -0.1) is 0 Å². The lowest BCUT2D eigenvalue weighted by Gasteiger charge is -2.37. The van der Waals surface area contributed by atoms with Gasteiger partial charge < -0.3 is 4.90 Å². The second-order valence-electron chi connectivity index (χ2n) is 5.43. The standard InChI is InChI=1S/C14H19BrN2/c1-10(14(2,3)4)17(5)12-7-6-11(9-16)13(15)8-12/h6-8,10H,1-5H3. The number of hydrogen-bond donors (Lipinski definition) is 0. The van der Waals surface area contributed by atoms with Gasteiger partial charge in [-0.05, 0) is 46.5 Å². The molecule has 0 heterocycles. The Bertz CT molecular complexity index is 441. The minimum absolute atomic E-state index is 0.217. The Labute approximate surface area is 112 Å². The zero-order chi connectivity index (χ0) is 13.2. The molecule has 0 N–H and O–H groups in total. The van der Waals surface area contributed by atoms with Crippen LogP contribution in [0.1, 0.15) is 33.3 Å². The maximum atomic E-state index is 8.89. The Hall–Kier alpha value is -1.01. The molecule has 1 atom stereocenters. The molecule has 0 fully saturated rings. The lowest BCUT2D eigenvalue weighted by molar-refractivity contribution is 0.330. The molecule has 0 aliphatic carbocycles. The zero-order valence-electron chi connectivity index (χ0n) is 11.1. The minimum atomic E-state index is 0.217. The maximum Gasteiger partial charge on any atom is 0.100 e. The monoisotopic (exact) mass is 294 g/mol. The highest BCUT2D eigenvalue weighted by Crippen LogP contribution is 2.29. The van der Waals surface area contributed by atoms with E-state index < -0.39 is 0 Å². The first kappa shape index (κ1) is 14.1. The molecular weight excluding hydrogens is 276 g/mol. The van der Waals surface area contributed by atoms with E-state index in [2.05, 4.69) is 61.6 Å². The van der Waals surface area contributed by atoms with E-state index in [0.29, 0.717) is 11.6 Å². The Morgan fingerprint density at radius 1 is 1.35 bits per heavy atom. The van der Waals surface area contributed by atoms with E-state index in [1.54, 1.807) is 0 Å². The summed E-state index contributed by atoms with van der Waals surface area (Å²) in [5.41, 5.74) is 2.01. The van der Waals surface area contributed by atoms with E-state index >= 15 is 0 Å². The van der Waals surface area contributed by atoms with Gasteiger partial charge in [0.15, 0.2) is 0 Å². The van der Waals surface area contributed by atoms with Gasteiger partial charge in [-0.2, -0.15) is 5.26 Å². The SMILES string of the molecule is CC(N(C)c1ccc(C#N)c(Br)c1)C(C)(C)C. The van der Waals surface area contributed by atoms with Gasteiger partial charge in [0.1, 0.15) is 6.07 Å². The summed E-state index contributed by atoms with van der Waals surface area (Å²) in [6, 6.07) is 8.42. The average molecular weight is 295 g/mol. The molecule has 0 radical (unpaired) electrons. The van der Waals surface area contributed by atoms with Crippen LogP contribution in [0.25, 0.3) is 0 Å². The van der Waals surface area contributed by atoms with Crippen molar-refractivity contribution in [1.29, 1.82) is 5.26 Å². The van der Waals surface area contributed by atoms with E-state index in [0.717, 1.165) is 10.2 Å². The number of nitrogens with zero attached hydrogens (tertiary/aromatic N) is 2. The van der Waals surface area contributed by atoms with Crippen molar-refractivity contribution in [2.45, 2.75) is 33.7 Å². The van der Waals surface area contributed by atoms with Crippen molar-refractivity contribution in [2.24, 2.45) is 5.41 Å². The van der Waals surface area contributed by atoms with Gasteiger partial charge >= 0.3 is 0 Å². The van der Waals surface area contributed by atoms with Crippen LogP contribution in [0.5, 0.6) is 0 Å². The van der Waals surface area contributed by atoms with Crippen molar-refractivity contribution in [3.63, 3.8) is 0 Å². The van der Waals surface area contributed by atoms with Crippen LogP contribution in [0, 0.1) is 16.7 Å². The molecule has 0 aromatic heterocycles. The largest absolute Gasteiger partial charge is 0.371 e. The molecule has 0 aliphatic rings. The smallest absolute Gasteiger partial charge is 0.100 e. The fourth-order valence-corrected chi connectivity index (χ4v) is 2.07. The van der Waals surface area contributed by atoms with Gasteiger partial charge in [0.25, 0.3) is 0 Å². The second kappa shape index (κ2) is 5.10. The highest BCUT2D eigenvalue weighted by molar-refractivity contribution is 9.10. The molecule has 1 aromatic rings. The van der Waals surface area contributed by atoms with Crippen molar-refractivity contribution in [3.05, 3.63) is 28.2 Å². The first-order valence-corrected chi connectivity index (χ1v) is 6.49. The summed E-state index contributed by atoms with van der Waals surface area (Å²) in [4.78, 5) is 2.24. The van der Waals surface area contributed by atoms with Crippen LogP contribution in [0.2, 0.25) is 0 Å². The van der Waals surface area contributed by atoms with E-state index in [9.17, 15) is 0 Å². The summed E-state index contributed by atoms with van der Waals surface area (Å²) in [7, 11) is 2.09. The summed E-state index contributed by atoms with van der Waals surface area (Å²) < 4.78 is 0.852. The molecule has 0 spiro atoms. The fraction of sp³-hybridized carbons (Fsp3) is 0.500. The Kier molecular flexibility index (Phi) is 4.21. The third kappa shape index (κ3) is 3.23. The van der Waals surface area contributed by atoms with Crippen molar-refractivity contribution >= 4 is 21.6 Å². The highest BCUT2D eigenvalue weighted by Gasteiger charge is 2.24. The lowest BCUT2D eigenvalue weighted by atomic mass is 9.87. The van der Waals surface area contributed by atoms with Crippen molar-refractivity contribution in [3.8, 4) is 6.07 Å². The summed E-state index contributed by atoms with van der Waals surface area (Å²) in [6.07, 6.45) is 0. The van der Waals surface area contributed by atoms with Gasteiger partial charge in [-0.1, -0.05) is 20.8 Å². The number of nitriles is 1. The quantitative estimate of drug-likeness (QED) is 0.818. The van der Waals surface area contributed by atoms with Crippen LogP contribution in [0.4, 0.5) is 5.69 Å². The van der Waals surface area contributed by atoms with Crippen LogP contribution in [0.3, 0.4) is 0 Å². The van der Waals surface area contributed by atoms with Gasteiger partial charge in [-0.25, -0.2) is 0 Å². The Morgan fingerprint density at radius 2 is 1.94 bits per heavy atom. The van der Waals surface area contributed by atoms with E-state index in [1.165, 1.54) is 0 Å². The topological polar surface area (TPSA) is 27.0 Å². The van der Waals surface area contributed by atoms with E-state index in [4.69, 9.17) is 5.26 Å². The fourth-order valence-electron chi connectivity index (χ4n) is 1.62. The Balaban J connectivity index is 3.02. The van der Waals surface area contributed by atoms with Crippen LogP contribution in [0.15, 0.2) is 22.7 Å². The molecular formula is C14H19BrN2. The molecule has 0 saturated heterocycles. The summed E-state index contributed by atoms with van der Waals surface area (Å²) in [5, 5.41) is 8.89. The third-order valence-corrected chi connectivity index (χ3v) is 3.97. The van der Waals surface area contributed by atoms with Crippen LogP contribution in [-0.2, 0) is 0 Å². The first-order chi connectivity index (χ1) is 7.77. The molecule has 1 aromatic carbocycles. The minimum Gasteiger partial charge on any atom is -0.371 e. The molecule has 92 valence electrons. The van der Waals surface area contributed by atoms with Crippen molar-refractivity contribution < 1.29 is 0 Å². The van der Waals surface area contributed by atoms with Gasteiger partial charge in [-0.3, -0.25) is 0 Å². The number of halogens is 1. The molecule has 17 heavy (non-hydrogen) atoms. The number of hydrogen-bond acceptors (Lipinski definition) is 2. The summed E-state index contributed by atoms with van der Waals surface area (Å²) in [5.74, 6) is 0. The predicted octanol–water partition coefficient (Wildman–Crippen LogP) is 4.19. The average Bonchev–Trinajstić information content (AvgIpc) is 2.25. The van der Waals surface area contributed by atoms with Crippen molar-refractivity contribution in [2.75, 3.05) is 11.9 Å².